The van der Waals surface area contributed by atoms with E-state index in [9.17, 15) is 9.59 Å². The lowest BCUT2D eigenvalue weighted by Crippen LogP contribution is -2.38. The second kappa shape index (κ2) is 7.59. The van der Waals surface area contributed by atoms with E-state index in [-0.39, 0.29) is 24.1 Å². The maximum absolute atomic E-state index is 12.2. The SMILES string of the molecule is CCCCCCOC(=O)C1C2C=CC(O2)C1C(=O)OCC. The first-order valence-corrected chi connectivity index (χ1v) is 7.86. The Balaban J connectivity index is 1.88. The molecule has 0 aromatic carbocycles. The van der Waals surface area contributed by atoms with Gasteiger partial charge in [0.1, 0.15) is 11.8 Å². The van der Waals surface area contributed by atoms with Gasteiger partial charge >= 0.3 is 11.9 Å². The van der Waals surface area contributed by atoms with Crippen LogP contribution >= 0.6 is 0 Å². The van der Waals surface area contributed by atoms with Crippen molar-refractivity contribution in [3.8, 4) is 0 Å². The molecule has 0 spiro atoms. The highest BCUT2D eigenvalue weighted by Gasteiger charge is 2.54. The molecule has 0 N–H and O–H groups in total. The number of carbonyl (C=O) groups is 2. The third-order valence-electron chi connectivity index (χ3n) is 3.97. The van der Waals surface area contributed by atoms with E-state index in [0.717, 1.165) is 25.7 Å². The van der Waals surface area contributed by atoms with E-state index in [1.165, 1.54) is 0 Å². The van der Waals surface area contributed by atoms with Crippen LogP contribution in [0, 0.1) is 11.8 Å². The summed E-state index contributed by atoms with van der Waals surface area (Å²) in [6.45, 7) is 4.60. The van der Waals surface area contributed by atoms with Crippen molar-refractivity contribution in [1.29, 1.82) is 0 Å². The van der Waals surface area contributed by atoms with Crippen LogP contribution in [0.15, 0.2) is 12.2 Å². The number of carbonyl (C=O) groups excluding carboxylic acids is 2. The van der Waals surface area contributed by atoms with Crippen LogP contribution in [0.5, 0.6) is 0 Å². The smallest absolute Gasteiger partial charge is 0.312 e. The van der Waals surface area contributed by atoms with E-state index in [0.29, 0.717) is 13.2 Å². The van der Waals surface area contributed by atoms with Gasteiger partial charge in [0.2, 0.25) is 0 Å². The van der Waals surface area contributed by atoms with Crippen molar-refractivity contribution in [3.05, 3.63) is 12.2 Å². The van der Waals surface area contributed by atoms with E-state index >= 15 is 0 Å². The molecule has 0 aromatic rings. The number of hydrogen-bond donors (Lipinski definition) is 0. The molecule has 2 heterocycles. The van der Waals surface area contributed by atoms with Crippen LogP contribution in [0.1, 0.15) is 39.5 Å². The summed E-state index contributed by atoms with van der Waals surface area (Å²) >= 11 is 0. The van der Waals surface area contributed by atoms with Crippen LogP contribution in [0.4, 0.5) is 0 Å². The third-order valence-corrected chi connectivity index (χ3v) is 3.97. The van der Waals surface area contributed by atoms with E-state index in [4.69, 9.17) is 14.2 Å². The molecule has 118 valence electrons. The Kier molecular flexibility index (Phi) is 5.79. The molecule has 0 radical (unpaired) electrons. The molecule has 1 fully saturated rings. The molecule has 0 saturated carbocycles. The number of esters is 2. The molecule has 1 saturated heterocycles. The predicted molar refractivity (Wildman–Crippen MR) is 76.5 cm³/mol. The first-order chi connectivity index (χ1) is 10.2. The average Bonchev–Trinajstić information content (AvgIpc) is 3.07. The summed E-state index contributed by atoms with van der Waals surface area (Å²) in [4.78, 5) is 24.3. The summed E-state index contributed by atoms with van der Waals surface area (Å²) in [5.41, 5.74) is 0. The van der Waals surface area contributed by atoms with Gasteiger partial charge in [0.25, 0.3) is 0 Å². The molecular formula is C16H24O5. The molecule has 21 heavy (non-hydrogen) atoms. The summed E-state index contributed by atoms with van der Waals surface area (Å²) in [6.07, 6.45) is 7.16. The third kappa shape index (κ3) is 3.64. The molecule has 2 bridgehead atoms. The van der Waals surface area contributed by atoms with Crippen LogP contribution in [-0.2, 0) is 23.8 Å². The van der Waals surface area contributed by atoms with Gasteiger partial charge in [-0.15, -0.1) is 0 Å². The average molecular weight is 296 g/mol. The Morgan fingerprint density at radius 3 is 2.14 bits per heavy atom. The molecular weight excluding hydrogens is 272 g/mol. The standard InChI is InChI=1S/C16H24O5/c1-3-5-6-7-10-20-16(18)14-12-9-8-11(21-12)13(14)15(17)19-4-2/h8-9,11-14H,3-7,10H2,1-2H3. The van der Waals surface area contributed by atoms with Crippen LogP contribution < -0.4 is 0 Å². The van der Waals surface area contributed by atoms with Gasteiger partial charge in [-0.3, -0.25) is 9.59 Å². The van der Waals surface area contributed by atoms with Crippen molar-refractivity contribution < 1.29 is 23.8 Å². The quantitative estimate of drug-likeness (QED) is 0.390. The zero-order chi connectivity index (χ0) is 15.2. The number of hydrogen-bond acceptors (Lipinski definition) is 5. The van der Waals surface area contributed by atoms with Gasteiger partial charge in [0, 0.05) is 0 Å². The minimum atomic E-state index is -0.567. The highest BCUT2D eigenvalue weighted by Crippen LogP contribution is 2.40. The molecule has 2 aliphatic heterocycles. The fraction of sp³-hybridized carbons (Fsp3) is 0.750. The highest BCUT2D eigenvalue weighted by molar-refractivity contribution is 5.85. The van der Waals surface area contributed by atoms with Gasteiger partial charge in [-0.1, -0.05) is 38.3 Å². The maximum atomic E-state index is 12.2. The molecule has 5 nitrogen and oxygen atoms in total. The first-order valence-electron chi connectivity index (χ1n) is 7.86. The summed E-state index contributed by atoms with van der Waals surface area (Å²) in [5.74, 6) is -1.85. The Bertz CT molecular complexity index is 403. The van der Waals surface area contributed by atoms with Crippen LogP contribution in [0.25, 0.3) is 0 Å². The Morgan fingerprint density at radius 2 is 1.57 bits per heavy atom. The van der Waals surface area contributed by atoms with Crippen molar-refractivity contribution in [2.75, 3.05) is 13.2 Å². The molecule has 2 aliphatic rings. The van der Waals surface area contributed by atoms with E-state index in [1.54, 1.807) is 6.92 Å². The number of rotatable bonds is 8. The summed E-state index contributed by atoms with van der Waals surface area (Å²) in [7, 11) is 0. The zero-order valence-corrected chi connectivity index (χ0v) is 12.7. The minimum absolute atomic E-state index is 0.301. The van der Waals surface area contributed by atoms with Crippen molar-refractivity contribution in [2.24, 2.45) is 11.8 Å². The van der Waals surface area contributed by atoms with E-state index < -0.39 is 11.8 Å². The number of ether oxygens (including phenoxy) is 3. The fourth-order valence-electron chi connectivity index (χ4n) is 2.91. The Morgan fingerprint density at radius 1 is 0.952 bits per heavy atom. The van der Waals surface area contributed by atoms with Gasteiger partial charge < -0.3 is 14.2 Å². The maximum Gasteiger partial charge on any atom is 0.312 e. The van der Waals surface area contributed by atoms with Gasteiger partial charge in [-0.25, -0.2) is 0 Å². The first kappa shape index (κ1) is 16.0. The van der Waals surface area contributed by atoms with Gasteiger partial charge in [0.15, 0.2) is 0 Å². The molecule has 5 heteroatoms. The Hall–Kier alpha value is -1.36. The van der Waals surface area contributed by atoms with E-state index in [2.05, 4.69) is 6.92 Å². The summed E-state index contributed by atoms with van der Waals surface area (Å²) in [6, 6.07) is 0. The van der Waals surface area contributed by atoms with Gasteiger partial charge in [0.05, 0.1) is 25.4 Å². The van der Waals surface area contributed by atoms with Gasteiger partial charge in [-0.2, -0.15) is 0 Å². The second-order valence-electron chi connectivity index (χ2n) is 5.48. The topological polar surface area (TPSA) is 61.8 Å². The van der Waals surface area contributed by atoms with E-state index in [1.807, 2.05) is 12.2 Å². The number of fused-ring (bicyclic) bond motifs is 2. The molecule has 4 atom stereocenters. The van der Waals surface area contributed by atoms with Crippen molar-refractivity contribution >= 4 is 11.9 Å². The van der Waals surface area contributed by atoms with Crippen molar-refractivity contribution in [1.82, 2.24) is 0 Å². The minimum Gasteiger partial charge on any atom is -0.466 e. The molecule has 0 aliphatic carbocycles. The second-order valence-corrected chi connectivity index (χ2v) is 5.48. The normalized spacial score (nSPS) is 29.6. The monoisotopic (exact) mass is 296 g/mol. The molecule has 4 unspecified atom stereocenters. The van der Waals surface area contributed by atoms with Crippen LogP contribution in [-0.4, -0.2) is 37.4 Å². The fourth-order valence-corrected chi connectivity index (χ4v) is 2.91. The number of unbranched alkanes of at least 4 members (excludes halogenated alkanes) is 3. The lowest BCUT2D eigenvalue weighted by Gasteiger charge is -2.22. The summed E-state index contributed by atoms with van der Waals surface area (Å²) in [5, 5.41) is 0. The predicted octanol–water partition coefficient (Wildman–Crippen LogP) is 2.24. The van der Waals surface area contributed by atoms with Crippen LogP contribution in [0.2, 0.25) is 0 Å². The molecule has 2 rings (SSSR count). The van der Waals surface area contributed by atoms with Crippen LogP contribution in [0.3, 0.4) is 0 Å². The lowest BCUT2D eigenvalue weighted by molar-refractivity contribution is -0.159. The molecule has 0 amide bonds. The van der Waals surface area contributed by atoms with Gasteiger partial charge in [-0.05, 0) is 13.3 Å². The van der Waals surface area contributed by atoms with Crippen molar-refractivity contribution in [2.45, 2.75) is 51.7 Å². The van der Waals surface area contributed by atoms with Crippen molar-refractivity contribution in [3.63, 3.8) is 0 Å². The molecule has 0 aromatic heterocycles. The largest absolute Gasteiger partial charge is 0.466 e. The lowest BCUT2D eigenvalue weighted by atomic mass is 9.83. The summed E-state index contributed by atoms with van der Waals surface area (Å²) < 4.78 is 16.0. The zero-order valence-electron chi connectivity index (χ0n) is 12.7. The highest BCUT2D eigenvalue weighted by atomic mass is 16.6. The Labute approximate surface area is 125 Å².